The van der Waals surface area contributed by atoms with Gasteiger partial charge >= 0.3 is 18.0 Å². The normalized spacial score (nSPS) is 11.1. The molecule has 2 amide bonds. The number of benzene rings is 2. The van der Waals surface area contributed by atoms with Crippen LogP contribution in [0.2, 0.25) is 0 Å². The van der Waals surface area contributed by atoms with Crippen LogP contribution in [0.4, 0.5) is 10.5 Å². The minimum atomic E-state index is -1.30. The first-order valence-electron chi connectivity index (χ1n) is 14.1. The Labute approximate surface area is 265 Å². The molecule has 11 heteroatoms. The summed E-state index contributed by atoms with van der Waals surface area (Å²) in [6.45, 7) is 11.3. The van der Waals surface area contributed by atoms with Crippen LogP contribution in [-0.2, 0) is 16.0 Å². The Hall–Kier alpha value is -5.03. The van der Waals surface area contributed by atoms with E-state index in [-0.39, 0.29) is 29.1 Å². The van der Waals surface area contributed by atoms with Gasteiger partial charge in [-0.15, -0.1) is 11.3 Å². The van der Waals surface area contributed by atoms with Crippen molar-refractivity contribution in [3.8, 4) is 21.6 Å². The van der Waals surface area contributed by atoms with E-state index in [1.165, 1.54) is 30.6 Å². The Bertz CT molecular complexity index is 1780. The average Bonchev–Trinajstić information content (AvgIpc) is 3.41. The molecule has 0 atom stereocenters. The van der Waals surface area contributed by atoms with Crippen molar-refractivity contribution in [3.05, 3.63) is 93.1 Å². The molecule has 0 saturated carbocycles. The summed E-state index contributed by atoms with van der Waals surface area (Å²) in [5, 5.41) is 17.2. The van der Waals surface area contributed by atoms with Crippen LogP contribution < -0.4 is 10.6 Å². The number of rotatable bonds is 8. The lowest BCUT2D eigenvalue weighted by Gasteiger charge is -2.20. The minimum Gasteiger partial charge on any atom is -0.477 e. The summed E-state index contributed by atoms with van der Waals surface area (Å²) in [6, 6.07) is 13.8. The summed E-state index contributed by atoms with van der Waals surface area (Å²) < 4.78 is 10.2. The number of carboxylic acid groups (broad SMARTS) is 1. The van der Waals surface area contributed by atoms with Crippen molar-refractivity contribution in [3.63, 3.8) is 0 Å². The maximum Gasteiger partial charge on any atom is 0.407 e. The molecule has 0 unspecified atom stereocenters. The van der Waals surface area contributed by atoms with Crippen LogP contribution in [0.15, 0.2) is 53.9 Å². The van der Waals surface area contributed by atoms with Crippen molar-refractivity contribution in [2.75, 3.05) is 12.4 Å². The smallest absolute Gasteiger partial charge is 0.407 e. The Morgan fingerprint density at radius 3 is 2.16 bits per heavy atom. The molecule has 0 fully saturated rings. The van der Waals surface area contributed by atoms with E-state index >= 15 is 0 Å². The van der Waals surface area contributed by atoms with Gasteiger partial charge in [-0.1, -0.05) is 24.3 Å². The number of anilines is 1. The fraction of sp³-hybridized carbons (Fsp3) is 0.265. The number of aromatic carboxylic acids is 1. The van der Waals surface area contributed by atoms with Crippen molar-refractivity contribution in [1.82, 2.24) is 10.3 Å². The van der Waals surface area contributed by atoms with Gasteiger partial charge in [-0.05, 0) is 105 Å². The molecule has 45 heavy (non-hydrogen) atoms. The van der Waals surface area contributed by atoms with E-state index in [2.05, 4.69) is 15.6 Å². The predicted octanol–water partition coefficient (Wildman–Crippen LogP) is 7.16. The quantitative estimate of drug-likeness (QED) is 0.174. The SMILES string of the molecule is COC(=O)c1nc(C(=O)O)ccc1-c1ccc(-c2sccc2C)cc1C(=O)Nc1c(C)cc(CNC(=O)OC(C)(C)C)cc1C. The third-order valence-corrected chi connectivity index (χ3v) is 7.90. The van der Waals surface area contributed by atoms with Gasteiger partial charge in [0.1, 0.15) is 11.3 Å². The summed E-state index contributed by atoms with van der Waals surface area (Å²) in [4.78, 5) is 55.6. The number of carbonyl (C=O) groups excluding carboxylic acids is 3. The van der Waals surface area contributed by atoms with E-state index in [1.54, 1.807) is 32.9 Å². The first-order valence-corrected chi connectivity index (χ1v) is 15.0. The van der Waals surface area contributed by atoms with Crippen molar-refractivity contribution in [2.45, 2.75) is 53.7 Å². The van der Waals surface area contributed by atoms with Gasteiger partial charge in [-0.3, -0.25) is 4.79 Å². The lowest BCUT2D eigenvalue weighted by Crippen LogP contribution is -2.32. The number of pyridine rings is 1. The number of hydrogen-bond donors (Lipinski definition) is 3. The van der Waals surface area contributed by atoms with E-state index < -0.39 is 29.5 Å². The molecule has 3 N–H and O–H groups in total. The number of aryl methyl sites for hydroxylation is 3. The number of thiophene rings is 1. The maximum atomic E-state index is 14.1. The second-order valence-electron chi connectivity index (χ2n) is 11.5. The van der Waals surface area contributed by atoms with Crippen LogP contribution in [0.5, 0.6) is 0 Å². The lowest BCUT2D eigenvalue weighted by molar-refractivity contribution is 0.0521. The highest BCUT2D eigenvalue weighted by molar-refractivity contribution is 7.13. The zero-order chi connectivity index (χ0) is 33.1. The van der Waals surface area contributed by atoms with Gasteiger partial charge in [-0.2, -0.15) is 0 Å². The van der Waals surface area contributed by atoms with Gasteiger partial charge in [0.2, 0.25) is 0 Å². The van der Waals surface area contributed by atoms with Gasteiger partial charge < -0.3 is 25.2 Å². The van der Waals surface area contributed by atoms with E-state index in [1.807, 2.05) is 50.4 Å². The number of carbonyl (C=O) groups is 4. The molecular formula is C34H35N3O7S. The number of amides is 2. The molecule has 4 aromatic rings. The molecule has 0 aliphatic carbocycles. The second kappa shape index (κ2) is 13.3. The van der Waals surface area contributed by atoms with Crippen molar-refractivity contribution in [1.29, 1.82) is 0 Å². The highest BCUT2D eigenvalue weighted by Crippen LogP contribution is 2.35. The number of alkyl carbamates (subject to hydrolysis) is 1. The first-order chi connectivity index (χ1) is 21.2. The first kappa shape index (κ1) is 32.9. The monoisotopic (exact) mass is 629 g/mol. The van der Waals surface area contributed by atoms with Gasteiger partial charge in [-0.25, -0.2) is 19.4 Å². The highest BCUT2D eigenvalue weighted by Gasteiger charge is 2.24. The molecular weight excluding hydrogens is 594 g/mol. The number of hydrogen-bond acceptors (Lipinski definition) is 8. The van der Waals surface area contributed by atoms with Crippen molar-refractivity contribution >= 4 is 41.0 Å². The molecule has 0 spiro atoms. The van der Waals surface area contributed by atoms with E-state index in [0.29, 0.717) is 11.3 Å². The molecule has 4 rings (SSSR count). The minimum absolute atomic E-state index is 0.222. The van der Waals surface area contributed by atoms with E-state index in [4.69, 9.17) is 9.47 Å². The number of methoxy groups -OCH3 is 1. The van der Waals surface area contributed by atoms with Crippen molar-refractivity contribution in [2.24, 2.45) is 0 Å². The summed E-state index contributed by atoms with van der Waals surface area (Å²) >= 11 is 1.54. The molecule has 234 valence electrons. The molecule has 0 aliphatic rings. The van der Waals surface area contributed by atoms with Gasteiger partial charge in [0.25, 0.3) is 5.91 Å². The molecule has 2 aromatic carbocycles. The van der Waals surface area contributed by atoms with Crippen LogP contribution in [-0.4, -0.2) is 46.7 Å². The zero-order valence-electron chi connectivity index (χ0n) is 26.2. The third-order valence-electron chi connectivity index (χ3n) is 6.84. The molecule has 10 nitrogen and oxygen atoms in total. The molecule has 2 heterocycles. The average molecular weight is 630 g/mol. The number of esters is 1. The van der Waals surface area contributed by atoms with E-state index in [0.717, 1.165) is 32.7 Å². The van der Waals surface area contributed by atoms with Crippen molar-refractivity contribution < 1.29 is 33.8 Å². The number of aromatic nitrogens is 1. The molecule has 0 bridgehead atoms. The number of nitrogens with one attached hydrogen (secondary N) is 2. The van der Waals surface area contributed by atoms with Crippen LogP contribution in [0.1, 0.15) is 74.4 Å². The van der Waals surface area contributed by atoms with Crippen LogP contribution in [0.25, 0.3) is 21.6 Å². The molecule has 2 aromatic heterocycles. The van der Waals surface area contributed by atoms with Crippen LogP contribution >= 0.6 is 11.3 Å². The summed E-state index contributed by atoms with van der Waals surface area (Å²) in [5.41, 5.74) is 4.55. The Morgan fingerprint density at radius 2 is 1.58 bits per heavy atom. The largest absolute Gasteiger partial charge is 0.477 e. The predicted molar refractivity (Wildman–Crippen MR) is 173 cm³/mol. The van der Waals surface area contributed by atoms with Gasteiger partial charge in [0.05, 0.1) is 7.11 Å². The van der Waals surface area contributed by atoms with Crippen LogP contribution in [0, 0.1) is 20.8 Å². The number of ether oxygens (including phenoxy) is 2. The Balaban J connectivity index is 1.75. The zero-order valence-corrected chi connectivity index (χ0v) is 27.0. The Kier molecular flexibility index (Phi) is 9.72. The summed E-state index contributed by atoms with van der Waals surface area (Å²) in [6.07, 6.45) is -0.527. The lowest BCUT2D eigenvalue weighted by atomic mass is 9.94. The van der Waals surface area contributed by atoms with Gasteiger partial charge in [0, 0.05) is 28.2 Å². The fourth-order valence-corrected chi connectivity index (χ4v) is 5.77. The number of nitrogens with zero attached hydrogens (tertiary/aromatic N) is 1. The highest BCUT2D eigenvalue weighted by atomic mass is 32.1. The third kappa shape index (κ3) is 7.74. The topological polar surface area (TPSA) is 144 Å². The van der Waals surface area contributed by atoms with Crippen LogP contribution in [0.3, 0.4) is 0 Å². The standard InChI is InChI=1S/C34H35N3O7S/c1-18-12-13-45-29(18)22-8-9-23(24-10-11-26(31(39)40)36-28(24)32(41)43-7)25(16-22)30(38)37-27-19(2)14-21(15-20(27)3)17-35-33(42)44-34(4,5)6/h8-16H,17H2,1-7H3,(H,35,42)(H,37,38)(H,39,40). The molecule has 0 aliphatic heterocycles. The summed E-state index contributed by atoms with van der Waals surface area (Å²) in [5.74, 6) is -2.58. The summed E-state index contributed by atoms with van der Waals surface area (Å²) in [7, 11) is 1.18. The maximum absolute atomic E-state index is 14.1. The Morgan fingerprint density at radius 1 is 0.911 bits per heavy atom. The molecule has 0 saturated heterocycles. The second-order valence-corrected chi connectivity index (χ2v) is 12.4. The fourth-order valence-electron chi connectivity index (χ4n) is 4.85. The van der Waals surface area contributed by atoms with Gasteiger partial charge in [0.15, 0.2) is 5.69 Å². The number of carboxylic acids is 1. The van der Waals surface area contributed by atoms with E-state index in [9.17, 15) is 24.3 Å². The molecule has 0 radical (unpaired) electrons.